The van der Waals surface area contributed by atoms with Crippen LogP contribution in [0.15, 0.2) is 42.5 Å². The number of carbonyl (C=O) groups excluding carboxylic acids is 1. The maximum absolute atomic E-state index is 11.4. The number of benzene rings is 1. The van der Waals surface area contributed by atoms with Gasteiger partial charge in [-0.05, 0) is 38.3 Å². The lowest BCUT2D eigenvalue weighted by molar-refractivity contribution is -0.134. The van der Waals surface area contributed by atoms with Gasteiger partial charge in [-0.1, -0.05) is 23.8 Å². The van der Waals surface area contributed by atoms with Gasteiger partial charge in [-0.3, -0.25) is 4.79 Å². The molecule has 0 bridgehead atoms. The first-order valence-corrected chi connectivity index (χ1v) is 5.58. The van der Waals surface area contributed by atoms with Crippen LogP contribution in [0.25, 0.3) is 0 Å². The van der Waals surface area contributed by atoms with E-state index >= 15 is 0 Å². The van der Waals surface area contributed by atoms with Crippen LogP contribution in [0.4, 0.5) is 0 Å². The number of carbonyl (C=O) groups is 1. The molecule has 0 radical (unpaired) electrons. The zero-order chi connectivity index (χ0) is 11.8. The van der Waals surface area contributed by atoms with Crippen molar-refractivity contribution in [2.24, 2.45) is 0 Å². The summed E-state index contributed by atoms with van der Waals surface area (Å²) in [7, 11) is 0. The Hall–Kier alpha value is -1.57. The maximum Gasteiger partial charge on any atom is 0.311 e. The molecule has 0 aromatic heterocycles. The molecule has 0 saturated heterocycles. The lowest BCUT2D eigenvalue weighted by Crippen LogP contribution is -2.07. The van der Waals surface area contributed by atoms with Crippen LogP contribution < -0.4 is 4.74 Å². The van der Waals surface area contributed by atoms with Gasteiger partial charge in [0.15, 0.2) is 0 Å². The lowest BCUT2D eigenvalue weighted by atomic mass is 10.1. The van der Waals surface area contributed by atoms with Gasteiger partial charge in [-0.2, -0.15) is 0 Å². The van der Waals surface area contributed by atoms with Crippen LogP contribution in [-0.2, 0) is 4.79 Å². The van der Waals surface area contributed by atoms with E-state index in [2.05, 4.69) is 6.58 Å². The van der Waals surface area contributed by atoms with Gasteiger partial charge in [0.25, 0.3) is 0 Å². The summed E-state index contributed by atoms with van der Waals surface area (Å²) >= 11 is 0. The van der Waals surface area contributed by atoms with Crippen molar-refractivity contribution in [2.45, 2.75) is 32.6 Å². The van der Waals surface area contributed by atoms with Gasteiger partial charge in [0, 0.05) is 6.42 Å². The van der Waals surface area contributed by atoms with E-state index in [1.54, 1.807) is 12.1 Å². The first-order chi connectivity index (χ1) is 7.68. The van der Waals surface area contributed by atoms with Gasteiger partial charge in [0.05, 0.1) is 0 Å². The Morgan fingerprint density at radius 1 is 1.19 bits per heavy atom. The molecule has 0 spiro atoms. The molecule has 2 heteroatoms. The molecule has 0 heterocycles. The number of allylic oxidation sites excluding steroid dienone is 1. The Labute approximate surface area is 96.9 Å². The molecule has 1 rings (SSSR count). The predicted molar refractivity (Wildman–Crippen MR) is 65.4 cm³/mol. The average Bonchev–Trinajstić information content (AvgIpc) is 2.25. The highest BCUT2D eigenvalue weighted by atomic mass is 16.5. The SMILES string of the molecule is C=C(C)CCCCC(=O)Oc1ccccc1. The number of unbranched alkanes of at least 4 members (excludes halogenated alkanes) is 1. The molecule has 0 fully saturated rings. The third-order valence-corrected chi connectivity index (χ3v) is 2.21. The van der Waals surface area contributed by atoms with Crippen LogP contribution >= 0.6 is 0 Å². The third kappa shape index (κ3) is 5.35. The number of rotatable bonds is 6. The van der Waals surface area contributed by atoms with Gasteiger partial charge in [-0.25, -0.2) is 0 Å². The van der Waals surface area contributed by atoms with Crippen molar-refractivity contribution in [3.63, 3.8) is 0 Å². The van der Waals surface area contributed by atoms with Crippen molar-refractivity contribution in [1.29, 1.82) is 0 Å². The third-order valence-electron chi connectivity index (χ3n) is 2.21. The molecule has 0 unspecified atom stereocenters. The summed E-state index contributed by atoms with van der Waals surface area (Å²) in [6, 6.07) is 9.16. The number of esters is 1. The standard InChI is InChI=1S/C14H18O2/c1-12(2)8-6-7-11-14(15)16-13-9-4-3-5-10-13/h3-5,9-10H,1,6-8,11H2,2H3. The van der Waals surface area contributed by atoms with Gasteiger partial charge in [0.2, 0.25) is 0 Å². The van der Waals surface area contributed by atoms with Gasteiger partial charge in [-0.15, -0.1) is 6.58 Å². The fourth-order valence-corrected chi connectivity index (χ4v) is 1.37. The number of hydrogen-bond acceptors (Lipinski definition) is 2. The summed E-state index contributed by atoms with van der Waals surface area (Å²) in [5, 5.41) is 0. The van der Waals surface area contributed by atoms with E-state index in [-0.39, 0.29) is 5.97 Å². The van der Waals surface area contributed by atoms with E-state index in [1.807, 2.05) is 25.1 Å². The zero-order valence-corrected chi connectivity index (χ0v) is 9.74. The molecule has 2 nitrogen and oxygen atoms in total. The van der Waals surface area contributed by atoms with Crippen LogP contribution in [0.1, 0.15) is 32.6 Å². The Morgan fingerprint density at radius 3 is 2.44 bits per heavy atom. The van der Waals surface area contributed by atoms with Gasteiger partial charge < -0.3 is 4.74 Å². The van der Waals surface area contributed by atoms with Gasteiger partial charge >= 0.3 is 5.97 Å². The highest BCUT2D eigenvalue weighted by molar-refractivity contribution is 5.72. The smallest absolute Gasteiger partial charge is 0.311 e. The Balaban J connectivity index is 2.19. The summed E-state index contributed by atoms with van der Waals surface area (Å²) in [6.07, 6.45) is 3.32. The Morgan fingerprint density at radius 2 is 1.81 bits per heavy atom. The minimum atomic E-state index is -0.159. The number of hydrogen-bond donors (Lipinski definition) is 0. The lowest BCUT2D eigenvalue weighted by Gasteiger charge is -2.03. The molecule has 0 saturated carbocycles. The fraction of sp³-hybridized carbons (Fsp3) is 0.357. The van der Waals surface area contributed by atoms with Crippen molar-refractivity contribution in [2.75, 3.05) is 0 Å². The van der Waals surface area contributed by atoms with E-state index in [9.17, 15) is 4.79 Å². The first kappa shape index (κ1) is 12.5. The molecule has 1 aromatic carbocycles. The zero-order valence-electron chi connectivity index (χ0n) is 9.74. The second-order valence-corrected chi connectivity index (χ2v) is 3.95. The Kier molecular flexibility index (Phi) is 5.34. The van der Waals surface area contributed by atoms with E-state index in [0.29, 0.717) is 12.2 Å². The summed E-state index contributed by atoms with van der Waals surface area (Å²) < 4.78 is 5.16. The molecule has 0 atom stereocenters. The molecular formula is C14H18O2. The topological polar surface area (TPSA) is 26.3 Å². The number of para-hydroxylation sites is 1. The van der Waals surface area contributed by atoms with Crippen LogP contribution in [0.2, 0.25) is 0 Å². The quantitative estimate of drug-likeness (QED) is 0.315. The minimum absolute atomic E-state index is 0.159. The molecule has 86 valence electrons. The first-order valence-electron chi connectivity index (χ1n) is 5.58. The molecule has 16 heavy (non-hydrogen) atoms. The van der Waals surface area contributed by atoms with Crippen molar-refractivity contribution in [3.8, 4) is 5.75 Å². The van der Waals surface area contributed by atoms with Crippen LogP contribution in [0.5, 0.6) is 5.75 Å². The van der Waals surface area contributed by atoms with E-state index in [4.69, 9.17) is 4.74 Å². The maximum atomic E-state index is 11.4. The highest BCUT2D eigenvalue weighted by Crippen LogP contribution is 2.11. The molecule has 1 aromatic rings. The van der Waals surface area contributed by atoms with Crippen LogP contribution in [0.3, 0.4) is 0 Å². The van der Waals surface area contributed by atoms with E-state index in [1.165, 1.54) is 0 Å². The minimum Gasteiger partial charge on any atom is -0.427 e. The van der Waals surface area contributed by atoms with Crippen molar-refractivity contribution in [1.82, 2.24) is 0 Å². The molecular weight excluding hydrogens is 200 g/mol. The summed E-state index contributed by atoms with van der Waals surface area (Å²) in [6.45, 7) is 5.83. The fourth-order valence-electron chi connectivity index (χ4n) is 1.37. The second-order valence-electron chi connectivity index (χ2n) is 3.95. The monoisotopic (exact) mass is 218 g/mol. The predicted octanol–water partition coefficient (Wildman–Crippen LogP) is 3.73. The highest BCUT2D eigenvalue weighted by Gasteiger charge is 2.03. The second kappa shape index (κ2) is 6.83. The molecule has 0 N–H and O–H groups in total. The van der Waals surface area contributed by atoms with Crippen LogP contribution in [-0.4, -0.2) is 5.97 Å². The van der Waals surface area contributed by atoms with E-state index in [0.717, 1.165) is 24.8 Å². The normalized spacial score (nSPS) is 9.81. The van der Waals surface area contributed by atoms with Crippen molar-refractivity contribution < 1.29 is 9.53 Å². The largest absolute Gasteiger partial charge is 0.427 e. The molecule has 0 aliphatic rings. The summed E-state index contributed by atoms with van der Waals surface area (Å²) in [4.78, 5) is 11.4. The average molecular weight is 218 g/mol. The van der Waals surface area contributed by atoms with Crippen molar-refractivity contribution in [3.05, 3.63) is 42.5 Å². The summed E-state index contributed by atoms with van der Waals surface area (Å²) in [5.41, 5.74) is 1.16. The molecule has 0 amide bonds. The van der Waals surface area contributed by atoms with Gasteiger partial charge in [0.1, 0.15) is 5.75 Å². The Bertz CT molecular complexity index is 341. The van der Waals surface area contributed by atoms with E-state index < -0.39 is 0 Å². The molecule has 0 aliphatic heterocycles. The molecule has 0 aliphatic carbocycles. The van der Waals surface area contributed by atoms with Crippen molar-refractivity contribution >= 4 is 5.97 Å². The number of ether oxygens (including phenoxy) is 1. The summed E-state index contributed by atoms with van der Waals surface area (Å²) in [5.74, 6) is 0.459. The van der Waals surface area contributed by atoms with Crippen LogP contribution in [0, 0.1) is 0 Å².